The van der Waals surface area contributed by atoms with Gasteiger partial charge in [0.1, 0.15) is 30.2 Å². The van der Waals surface area contributed by atoms with Crippen LogP contribution in [0.15, 0.2) is 54.6 Å². The average molecular weight is 490 g/mol. The van der Waals surface area contributed by atoms with E-state index in [-0.39, 0.29) is 6.10 Å². The van der Waals surface area contributed by atoms with Gasteiger partial charge in [0.25, 0.3) is 0 Å². The van der Waals surface area contributed by atoms with Crippen LogP contribution in [0.4, 0.5) is 15.9 Å². The number of fused-ring (bicyclic) bond motifs is 2. The smallest absolute Gasteiger partial charge is 0.145 e. The van der Waals surface area contributed by atoms with Gasteiger partial charge < -0.3 is 10.1 Å². The number of hydrogen-bond donors (Lipinski definition) is 1. The molecule has 35 heavy (non-hydrogen) atoms. The quantitative estimate of drug-likeness (QED) is 0.380. The molecular formula is C25H24FN7OS. The molecule has 0 amide bonds. The SMILES string of the molecule is CN1C[C@H](F)C[C@H](Oc2cc(-c3cnn(C)c3)cc3ncnc(Nc4ccc5ncsc5c4)c23)C1. The molecule has 2 aromatic carbocycles. The summed E-state index contributed by atoms with van der Waals surface area (Å²) in [6.45, 7) is 1.07. The Labute approximate surface area is 205 Å². The summed E-state index contributed by atoms with van der Waals surface area (Å²) in [6.07, 6.45) is 4.44. The Kier molecular flexibility index (Phi) is 5.54. The van der Waals surface area contributed by atoms with Crippen molar-refractivity contribution in [2.24, 2.45) is 7.05 Å². The zero-order valence-electron chi connectivity index (χ0n) is 19.3. The molecule has 0 radical (unpaired) electrons. The number of nitrogens with zero attached hydrogens (tertiary/aromatic N) is 6. The second-order valence-electron chi connectivity index (χ2n) is 8.95. The molecule has 8 nitrogen and oxygen atoms in total. The predicted octanol–water partition coefficient (Wildman–Crippen LogP) is 4.80. The molecule has 2 atom stereocenters. The van der Waals surface area contributed by atoms with Crippen LogP contribution in [-0.2, 0) is 7.05 Å². The van der Waals surface area contributed by atoms with Crippen LogP contribution in [0, 0.1) is 0 Å². The number of aryl methyl sites for hydroxylation is 1. The molecule has 3 aromatic heterocycles. The lowest BCUT2D eigenvalue weighted by atomic mass is 10.0. The minimum absolute atomic E-state index is 0.280. The molecule has 1 aliphatic heterocycles. The van der Waals surface area contributed by atoms with Gasteiger partial charge in [0, 0.05) is 44.0 Å². The Morgan fingerprint density at radius 2 is 1.97 bits per heavy atom. The third kappa shape index (κ3) is 4.42. The highest BCUT2D eigenvalue weighted by Crippen LogP contribution is 2.37. The predicted molar refractivity (Wildman–Crippen MR) is 136 cm³/mol. The summed E-state index contributed by atoms with van der Waals surface area (Å²) in [5.74, 6) is 1.25. The molecule has 1 fully saturated rings. The summed E-state index contributed by atoms with van der Waals surface area (Å²) in [7, 11) is 3.79. The van der Waals surface area contributed by atoms with Crippen molar-refractivity contribution in [3.8, 4) is 16.9 Å². The van der Waals surface area contributed by atoms with Crippen LogP contribution in [-0.4, -0.2) is 62.0 Å². The van der Waals surface area contributed by atoms with Crippen LogP contribution in [0.3, 0.4) is 0 Å². The van der Waals surface area contributed by atoms with E-state index < -0.39 is 6.17 Å². The van der Waals surface area contributed by atoms with E-state index >= 15 is 0 Å². The van der Waals surface area contributed by atoms with Crippen molar-refractivity contribution in [1.29, 1.82) is 0 Å². The van der Waals surface area contributed by atoms with E-state index in [1.54, 1.807) is 22.3 Å². The fourth-order valence-corrected chi connectivity index (χ4v) is 5.32. The van der Waals surface area contributed by atoms with Gasteiger partial charge in [-0.15, -0.1) is 11.3 Å². The van der Waals surface area contributed by atoms with Crippen LogP contribution >= 0.6 is 11.3 Å². The fourth-order valence-electron chi connectivity index (χ4n) is 4.61. The Bertz CT molecular complexity index is 1510. The van der Waals surface area contributed by atoms with Crippen LogP contribution in [0.25, 0.3) is 32.2 Å². The molecule has 10 heteroatoms. The molecule has 1 saturated heterocycles. The van der Waals surface area contributed by atoms with Crippen molar-refractivity contribution in [1.82, 2.24) is 29.6 Å². The minimum Gasteiger partial charge on any atom is -0.488 e. The molecule has 1 aliphatic rings. The molecule has 5 aromatic rings. The van der Waals surface area contributed by atoms with Crippen molar-refractivity contribution in [3.05, 3.63) is 54.6 Å². The fraction of sp³-hybridized carbons (Fsp3) is 0.280. The highest BCUT2D eigenvalue weighted by molar-refractivity contribution is 7.16. The van der Waals surface area contributed by atoms with Gasteiger partial charge in [-0.3, -0.25) is 9.58 Å². The van der Waals surface area contributed by atoms with Gasteiger partial charge >= 0.3 is 0 Å². The highest BCUT2D eigenvalue weighted by atomic mass is 32.1. The third-order valence-electron chi connectivity index (χ3n) is 6.17. The van der Waals surface area contributed by atoms with Gasteiger partial charge in [0.15, 0.2) is 0 Å². The van der Waals surface area contributed by atoms with Crippen molar-refractivity contribution in [2.45, 2.75) is 18.7 Å². The van der Waals surface area contributed by atoms with Gasteiger partial charge in [-0.2, -0.15) is 5.10 Å². The van der Waals surface area contributed by atoms with Gasteiger partial charge in [-0.1, -0.05) is 0 Å². The number of anilines is 2. The Morgan fingerprint density at radius 3 is 2.80 bits per heavy atom. The number of aromatic nitrogens is 5. The Balaban J connectivity index is 1.45. The minimum atomic E-state index is -0.925. The number of likely N-dealkylation sites (tertiary alicyclic amines) is 1. The molecule has 178 valence electrons. The van der Waals surface area contributed by atoms with Gasteiger partial charge in [-0.25, -0.2) is 19.3 Å². The molecule has 0 aliphatic carbocycles. The van der Waals surface area contributed by atoms with Gasteiger partial charge in [0.2, 0.25) is 0 Å². The molecular weight excluding hydrogens is 465 g/mol. The lowest BCUT2D eigenvalue weighted by molar-refractivity contribution is 0.0545. The standard InChI is InChI=1S/C25H24FN7OS/c1-32-11-17(26)7-19(12-32)34-22-6-15(16-9-30-33(2)10-16)5-21-24(22)25(28-13-27-21)31-18-3-4-20-23(8-18)35-14-29-20/h3-6,8-10,13-14,17,19H,7,11-12H2,1-2H3,(H,27,28,31)/t17-,19+/m1/s1. The molecule has 0 spiro atoms. The first-order chi connectivity index (χ1) is 17.0. The first-order valence-corrected chi connectivity index (χ1v) is 12.3. The number of piperidine rings is 1. The number of hydrogen-bond acceptors (Lipinski definition) is 8. The maximum atomic E-state index is 14.3. The van der Waals surface area contributed by atoms with Crippen LogP contribution in [0.2, 0.25) is 0 Å². The first-order valence-electron chi connectivity index (χ1n) is 11.4. The van der Waals surface area contributed by atoms with E-state index in [0.29, 0.717) is 31.1 Å². The van der Waals surface area contributed by atoms with E-state index in [1.165, 1.54) is 0 Å². The van der Waals surface area contributed by atoms with Crippen molar-refractivity contribution in [3.63, 3.8) is 0 Å². The molecule has 0 unspecified atom stereocenters. The summed E-state index contributed by atoms with van der Waals surface area (Å²) in [5, 5.41) is 8.49. The summed E-state index contributed by atoms with van der Waals surface area (Å²) in [6, 6.07) is 9.99. The van der Waals surface area contributed by atoms with Gasteiger partial charge in [-0.05, 0) is 42.9 Å². The number of ether oxygens (including phenoxy) is 1. The highest BCUT2D eigenvalue weighted by Gasteiger charge is 2.27. The number of benzene rings is 2. The molecule has 0 bridgehead atoms. The van der Waals surface area contributed by atoms with Crippen molar-refractivity contribution < 1.29 is 9.13 Å². The topological polar surface area (TPSA) is 81.0 Å². The summed E-state index contributed by atoms with van der Waals surface area (Å²) < 4.78 is 23.7. The average Bonchev–Trinajstić information content (AvgIpc) is 3.47. The number of rotatable bonds is 5. The summed E-state index contributed by atoms with van der Waals surface area (Å²) in [4.78, 5) is 15.4. The zero-order valence-corrected chi connectivity index (χ0v) is 20.2. The molecule has 0 saturated carbocycles. The number of halogens is 1. The van der Waals surface area contributed by atoms with Gasteiger partial charge in [0.05, 0.1) is 32.8 Å². The third-order valence-corrected chi connectivity index (χ3v) is 6.96. The number of alkyl halides is 1. The lowest BCUT2D eigenvalue weighted by Gasteiger charge is -2.32. The van der Waals surface area contributed by atoms with Crippen molar-refractivity contribution >= 4 is 44.0 Å². The molecule has 6 rings (SSSR count). The zero-order chi connectivity index (χ0) is 23.9. The molecule has 4 heterocycles. The lowest BCUT2D eigenvalue weighted by Crippen LogP contribution is -2.44. The Morgan fingerprint density at radius 1 is 1.06 bits per heavy atom. The van der Waals surface area contributed by atoms with Crippen LogP contribution in [0.5, 0.6) is 5.75 Å². The second-order valence-corrected chi connectivity index (χ2v) is 9.83. The van der Waals surface area contributed by atoms with Crippen LogP contribution < -0.4 is 10.1 Å². The maximum Gasteiger partial charge on any atom is 0.145 e. The summed E-state index contributed by atoms with van der Waals surface area (Å²) in [5.41, 5.74) is 6.30. The normalized spacial score (nSPS) is 18.8. The monoisotopic (exact) mass is 489 g/mol. The first kappa shape index (κ1) is 21.9. The largest absolute Gasteiger partial charge is 0.488 e. The second kappa shape index (κ2) is 8.86. The number of likely N-dealkylation sites (N-methyl/N-ethyl adjacent to an activating group) is 1. The van der Waals surface area contributed by atoms with E-state index in [4.69, 9.17) is 4.74 Å². The van der Waals surface area contributed by atoms with E-state index in [1.807, 2.05) is 61.2 Å². The molecule has 1 N–H and O–H groups in total. The number of thiazole rings is 1. The van der Waals surface area contributed by atoms with Crippen molar-refractivity contribution in [2.75, 3.05) is 25.5 Å². The number of nitrogens with one attached hydrogen (secondary N) is 1. The van der Waals surface area contributed by atoms with E-state index in [0.717, 1.165) is 37.9 Å². The maximum absolute atomic E-state index is 14.3. The van der Waals surface area contributed by atoms with E-state index in [2.05, 4.69) is 31.4 Å². The Hall–Kier alpha value is -3.63. The van der Waals surface area contributed by atoms with E-state index in [9.17, 15) is 4.39 Å². The van der Waals surface area contributed by atoms with Crippen LogP contribution in [0.1, 0.15) is 6.42 Å². The summed E-state index contributed by atoms with van der Waals surface area (Å²) >= 11 is 1.59.